The van der Waals surface area contributed by atoms with Crippen molar-refractivity contribution >= 4 is 23.4 Å². The van der Waals surface area contributed by atoms with Crippen LogP contribution in [0.15, 0.2) is 40.8 Å². The Labute approximate surface area is 202 Å². The first-order valence-electron chi connectivity index (χ1n) is 10.7. The smallest absolute Gasteiger partial charge is 0.314 e. The van der Waals surface area contributed by atoms with Gasteiger partial charge in [0, 0.05) is 33.9 Å². The normalized spacial score (nSPS) is 19.8. The summed E-state index contributed by atoms with van der Waals surface area (Å²) in [5.74, 6) is -2.74. The number of hydrogen-bond acceptors (Lipinski definition) is 6. The van der Waals surface area contributed by atoms with Gasteiger partial charge in [-0.3, -0.25) is 9.59 Å². The number of alkyl halides is 2. The minimum absolute atomic E-state index is 0.0133. The Morgan fingerprint density at radius 3 is 2.80 bits per heavy atom. The number of hydrogen-bond donors (Lipinski definition) is 1. The van der Waals surface area contributed by atoms with E-state index < -0.39 is 36.1 Å². The van der Waals surface area contributed by atoms with E-state index in [1.165, 1.54) is 17.0 Å². The molecule has 182 valence electrons. The van der Waals surface area contributed by atoms with Crippen LogP contribution in [0.5, 0.6) is 0 Å². The molecule has 0 spiro atoms. The fourth-order valence-corrected chi connectivity index (χ4v) is 4.52. The van der Waals surface area contributed by atoms with Crippen LogP contribution in [0.2, 0.25) is 5.02 Å². The predicted octanol–water partition coefficient (Wildman–Crippen LogP) is 4.01. The van der Waals surface area contributed by atoms with Gasteiger partial charge < -0.3 is 19.4 Å². The molecule has 2 aliphatic rings. The molecule has 5 rings (SSSR count). The molecule has 3 heterocycles. The molecule has 2 amide bonds. The Kier molecular flexibility index (Phi) is 6.20. The van der Waals surface area contributed by atoms with Crippen LogP contribution in [0.25, 0.3) is 11.5 Å². The summed E-state index contributed by atoms with van der Waals surface area (Å²) in [6, 6.07) is 7.87. The number of fused-ring (bicyclic) bond motifs is 1. The van der Waals surface area contributed by atoms with E-state index >= 15 is 0 Å². The molecule has 2 aromatic carbocycles. The van der Waals surface area contributed by atoms with Gasteiger partial charge in [0.1, 0.15) is 5.82 Å². The molecule has 1 fully saturated rings. The summed E-state index contributed by atoms with van der Waals surface area (Å²) in [6.07, 6.45) is -2.55. The standard InChI is InChI=1S/C23H18ClF3N4O4/c24-13-3-1-2-11(6-13)20(32)28-17-10-34-5-4-18(17)31-9-15-14(23(31)33)7-12(8-16(15)25)21-29-30-22(35-21)19(26)27/h1-3,6-8,17-19H,4-5,9-10H2,(H,28,32)/t17-,18-/m1/s1. The zero-order chi connectivity index (χ0) is 24.7. The van der Waals surface area contributed by atoms with Crippen molar-refractivity contribution in [1.29, 1.82) is 0 Å². The second kappa shape index (κ2) is 9.31. The highest BCUT2D eigenvalue weighted by Gasteiger charge is 2.40. The minimum atomic E-state index is -2.97. The maximum absolute atomic E-state index is 15.0. The van der Waals surface area contributed by atoms with Gasteiger partial charge in [0.25, 0.3) is 17.7 Å². The van der Waals surface area contributed by atoms with Crippen molar-refractivity contribution in [2.45, 2.75) is 31.5 Å². The number of nitrogens with zero attached hydrogens (tertiary/aromatic N) is 3. The number of rotatable bonds is 5. The van der Waals surface area contributed by atoms with E-state index in [0.29, 0.717) is 23.6 Å². The molecule has 0 bridgehead atoms. The zero-order valence-corrected chi connectivity index (χ0v) is 18.8. The van der Waals surface area contributed by atoms with Gasteiger partial charge in [-0.05, 0) is 36.8 Å². The van der Waals surface area contributed by atoms with E-state index in [9.17, 15) is 22.8 Å². The van der Waals surface area contributed by atoms with Crippen LogP contribution in [0.4, 0.5) is 13.2 Å². The molecule has 2 aliphatic heterocycles. The van der Waals surface area contributed by atoms with Gasteiger partial charge in [-0.1, -0.05) is 17.7 Å². The maximum Gasteiger partial charge on any atom is 0.314 e. The quantitative estimate of drug-likeness (QED) is 0.561. The van der Waals surface area contributed by atoms with Crippen LogP contribution >= 0.6 is 11.6 Å². The molecule has 8 nitrogen and oxygen atoms in total. The predicted molar refractivity (Wildman–Crippen MR) is 116 cm³/mol. The van der Waals surface area contributed by atoms with Crippen molar-refractivity contribution in [3.05, 3.63) is 69.8 Å². The summed E-state index contributed by atoms with van der Waals surface area (Å²) in [6.45, 7) is 0.518. The SMILES string of the molecule is O=C(N[C@@H]1COCC[C@H]1N1Cc2c(F)cc(-c3nnc(C(F)F)o3)cc2C1=O)c1cccc(Cl)c1. The highest BCUT2D eigenvalue weighted by atomic mass is 35.5. The Morgan fingerprint density at radius 1 is 1.23 bits per heavy atom. The lowest BCUT2D eigenvalue weighted by Crippen LogP contribution is -2.56. The second-order valence-electron chi connectivity index (χ2n) is 8.18. The molecule has 35 heavy (non-hydrogen) atoms. The lowest BCUT2D eigenvalue weighted by Gasteiger charge is -2.38. The van der Waals surface area contributed by atoms with Crippen LogP contribution in [0, 0.1) is 5.82 Å². The van der Waals surface area contributed by atoms with Gasteiger partial charge in [0.15, 0.2) is 0 Å². The third kappa shape index (κ3) is 4.48. The number of carbonyl (C=O) groups excluding carboxylic acids is 2. The lowest BCUT2D eigenvalue weighted by atomic mass is 10.0. The number of ether oxygens (including phenoxy) is 1. The monoisotopic (exact) mass is 506 g/mol. The van der Waals surface area contributed by atoms with Crippen molar-refractivity contribution in [2.24, 2.45) is 0 Å². The van der Waals surface area contributed by atoms with Crippen LogP contribution in [0.3, 0.4) is 0 Å². The van der Waals surface area contributed by atoms with Crippen molar-refractivity contribution in [3.8, 4) is 11.5 Å². The summed E-state index contributed by atoms with van der Waals surface area (Å²) >= 11 is 5.98. The molecule has 1 N–H and O–H groups in total. The molecule has 12 heteroatoms. The molecular weight excluding hydrogens is 489 g/mol. The van der Waals surface area contributed by atoms with Crippen LogP contribution in [-0.4, -0.2) is 52.2 Å². The summed E-state index contributed by atoms with van der Waals surface area (Å²) in [5.41, 5.74) is 0.617. The first-order valence-corrected chi connectivity index (χ1v) is 11.1. The summed E-state index contributed by atoms with van der Waals surface area (Å²) in [4.78, 5) is 27.5. The molecule has 0 saturated carbocycles. The van der Waals surface area contributed by atoms with E-state index in [1.807, 2.05) is 0 Å². The first kappa shape index (κ1) is 23.3. The molecular formula is C23H18ClF3N4O4. The van der Waals surface area contributed by atoms with E-state index in [0.717, 1.165) is 6.07 Å². The van der Waals surface area contributed by atoms with E-state index in [2.05, 4.69) is 15.5 Å². The molecule has 0 unspecified atom stereocenters. The highest BCUT2D eigenvalue weighted by Crippen LogP contribution is 2.34. The summed E-state index contributed by atoms with van der Waals surface area (Å²) in [5, 5.41) is 10.1. The van der Waals surface area contributed by atoms with Gasteiger partial charge in [-0.2, -0.15) is 8.78 Å². The third-order valence-corrected chi connectivity index (χ3v) is 6.25. The largest absolute Gasteiger partial charge is 0.415 e. The van der Waals surface area contributed by atoms with E-state index in [-0.39, 0.29) is 41.6 Å². The third-order valence-electron chi connectivity index (χ3n) is 6.01. The summed E-state index contributed by atoms with van der Waals surface area (Å²) in [7, 11) is 0. The number of benzene rings is 2. The van der Waals surface area contributed by atoms with Crippen LogP contribution in [0.1, 0.15) is 45.0 Å². The number of amides is 2. The maximum atomic E-state index is 15.0. The van der Waals surface area contributed by atoms with E-state index in [1.54, 1.807) is 18.2 Å². The highest BCUT2D eigenvalue weighted by molar-refractivity contribution is 6.30. The Hall–Kier alpha value is -3.44. The average Bonchev–Trinajstić information content (AvgIpc) is 3.46. The molecule has 1 saturated heterocycles. The molecule has 0 aliphatic carbocycles. The number of nitrogens with one attached hydrogen (secondary N) is 1. The average molecular weight is 507 g/mol. The van der Waals surface area contributed by atoms with Crippen molar-refractivity contribution in [1.82, 2.24) is 20.4 Å². The molecule has 0 radical (unpaired) electrons. The van der Waals surface area contributed by atoms with Crippen molar-refractivity contribution < 1.29 is 31.9 Å². The van der Waals surface area contributed by atoms with Gasteiger partial charge in [0.2, 0.25) is 5.89 Å². The van der Waals surface area contributed by atoms with Gasteiger partial charge in [-0.15, -0.1) is 10.2 Å². The van der Waals surface area contributed by atoms with E-state index in [4.69, 9.17) is 20.8 Å². The van der Waals surface area contributed by atoms with Gasteiger partial charge in [0.05, 0.1) is 25.2 Å². The summed E-state index contributed by atoms with van der Waals surface area (Å²) < 4.78 is 51.0. The minimum Gasteiger partial charge on any atom is -0.415 e. The Bertz CT molecular complexity index is 1300. The number of aromatic nitrogens is 2. The fourth-order valence-electron chi connectivity index (χ4n) is 4.33. The van der Waals surface area contributed by atoms with Crippen molar-refractivity contribution in [3.63, 3.8) is 0 Å². The van der Waals surface area contributed by atoms with Gasteiger partial charge in [-0.25, -0.2) is 4.39 Å². The topological polar surface area (TPSA) is 97.6 Å². The van der Waals surface area contributed by atoms with Crippen molar-refractivity contribution in [2.75, 3.05) is 13.2 Å². The van der Waals surface area contributed by atoms with Crippen LogP contribution in [-0.2, 0) is 11.3 Å². The fraction of sp³-hybridized carbons (Fsp3) is 0.304. The lowest BCUT2D eigenvalue weighted by molar-refractivity contribution is 0.00836. The van der Waals surface area contributed by atoms with Gasteiger partial charge >= 0.3 is 6.43 Å². The number of halogens is 4. The Morgan fingerprint density at radius 2 is 2.06 bits per heavy atom. The number of carbonyl (C=O) groups is 2. The molecule has 2 atom stereocenters. The Balaban J connectivity index is 1.39. The zero-order valence-electron chi connectivity index (χ0n) is 18.0. The molecule has 1 aromatic heterocycles. The second-order valence-corrected chi connectivity index (χ2v) is 8.62. The van der Waals surface area contributed by atoms with Crippen LogP contribution < -0.4 is 5.32 Å². The molecule has 3 aromatic rings. The first-order chi connectivity index (χ1) is 16.8.